The van der Waals surface area contributed by atoms with E-state index in [0.717, 1.165) is 11.1 Å². The molecule has 2 N–H and O–H groups in total. The third kappa shape index (κ3) is 6.04. The number of nitrogens with zero attached hydrogens (tertiary/aromatic N) is 1. The van der Waals surface area contributed by atoms with Crippen LogP contribution in [0.25, 0.3) is 6.08 Å². The maximum Gasteiger partial charge on any atom is 0.259 e. The maximum atomic E-state index is 12.9. The maximum absolute atomic E-state index is 12.9. The average molecular weight is 401 g/mol. The summed E-state index contributed by atoms with van der Waals surface area (Å²) in [5, 5.41) is 6.70. The average Bonchev–Trinajstić information content (AvgIpc) is 3.30. The third-order valence-corrected chi connectivity index (χ3v) is 4.34. The Hall–Kier alpha value is -3.93. The van der Waals surface area contributed by atoms with E-state index in [-0.39, 0.29) is 12.5 Å². The normalized spacial score (nSPS) is 11.6. The Morgan fingerprint density at radius 3 is 2.17 bits per heavy atom. The number of carbonyl (C=O) groups excluding carboxylic acids is 2. The molecule has 6 heteroatoms. The SMILES string of the molecule is CC(/C=C\c1ccco1)=NNC(=O)CNC(=O)C(c1ccccc1)c1ccccc1. The summed E-state index contributed by atoms with van der Waals surface area (Å²) in [7, 11) is 0. The predicted molar refractivity (Wildman–Crippen MR) is 117 cm³/mol. The first kappa shape index (κ1) is 20.8. The Morgan fingerprint density at radius 2 is 1.60 bits per heavy atom. The quantitative estimate of drug-likeness (QED) is 0.446. The third-order valence-electron chi connectivity index (χ3n) is 4.34. The molecule has 0 saturated heterocycles. The van der Waals surface area contributed by atoms with E-state index in [1.54, 1.807) is 31.4 Å². The second-order valence-corrected chi connectivity index (χ2v) is 6.61. The van der Waals surface area contributed by atoms with Gasteiger partial charge in [0.25, 0.3) is 5.91 Å². The fourth-order valence-corrected chi connectivity index (χ4v) is 2.87. The van der Waals surface area contributed by atoms with E-state index in [1.165, 1.54) is 0 Å². The highest BCUT2D eigenvalue weighted by atomic mass is 16.3. The summed E-state index contributed by atoms with van der Waals surface area (Å²) in [6, 6.07) is 22.5. The van der Waals surface area contributed by atoms with Crippen LogP contribution in [0.5, 0.6) is 0 Å². The first-order valence-corrected chi connectivity index (χ1v) is 9.56. The summed E-state index contributed by atoms with van der Waals surface area (Å²) in [4.78, 5) is 25.0. The van der Waals surface area contributed by atoms with Gasteiger partial charge in [-0.2, -0.15) is 5.10 Å². The highest BCUT2D eigenvalue weighted by Gasteiger charge is 2.22. The molecule has 0 unspecified atom stereocenters. The molecule has 2 aromatic carbocycles. The van der Waals surface area contributed by atoms with Gasteiger partial charge in [-0.15, -0.1) is 0 Å². The molecule has 3 rings (SSSR count). The minimum Gasteiger partial charge on any atom is -0.465 e. The number of carbonyl (C=O) groups is 2. The molecule has 1 aromatic heterocycles. The summed E-state index contributed by atoms with van der Waals surface area (Å²) >= 11 is 0. The first-order chi connectivity index (χ1) is 14.6. The van der Waals surface area contributed by atoms with Crippen molar-refractivity contribution in [2.45, 2.75) is 12.8 Å². The molecule has 152 valence electrons. The highest BCUT2D eigenvalue weighted by molar-refractivity contribution is 5.97. The Morgan fingerprint density at radius 1 is 0.967 bits per heavy atom. The highest BCUT2D eigenvalue weighted by Crippen LogP contribution is 2.24. The van der Waals surface area contributed by atoms with Crippen LogP contribution in [0, 0.1) is 0 Å². The molecule has 0 saturated carbocycles. The molecule has 0 spiro atoms. The number of allylic oxidation sites excluding steroid dienone is 1. The summed E-state index contributed by atoms with van der Waals surface area (Å²) in [6.45, 7) is 1.58. The van der Waals surface area contributed by atoms with Crippen LogP contribution < -0.4 is 10.7 Å². The van der Waals surface area contributed by atoms with Crippen molar-refractivity contribution in [3.63, 3.8) is 0 Å². The van der Waals surface area contributed by atoms with Crippen molar-refractivity contribution in [3.05, 3.63) is 102 Å². The Balaban J connectivity index is 1.58. The summed E-state index contributed by atoms with van der Waals surface area (Å²) in [5.41, 5.74) is 4.75. The molecule has 0 fully saturated rings. The molecule has 0 radical (unpaired) electrons. The molecule has 0 aliphatic rings. The molecule has 6 nitrogen and oxygen atoms in total. The second-order valence-electron chi connectivity index (χ2n) is 6.61. The van der Waals surface area contributed by atoms with Crippen molar-refractivity contribution >= 4 is 23.6 Å². The molecule has 3 aromatic rings. The van der Waals surface area contributed by atoms with Gasteiger partial charge in [0.2, 0.25) is 5.91 Å². The topological polar surface area (TPSA) is 83.7 Å². The van der Waals surface area contributed by atoms with Crippen LogP contribution >= 0.6 is 0 Å². The zero-order chi connectivity index (χ0) is 21.2. The fourth-order valence-electron chi connectivity index (χ4n) is 2.87. The second kappa shape index (κ2) is 10.6. The Labute approximate surface area is 175 Å². The summed E-state index contributed by atoms with van der Waals surface area (Å²) in [6.07, 6.45) is 5.05. The first-order valence-electron chi connectivity index (χ1n) is 9.56. The van der Waals surface area contributed by atoms with Crippen LogP contribution in [0.4, 0.5) is 0 Å². The molecule has 2 amide bonds. The number of amides is 2. The van der Waals surface area contributed by atoms with E-state index in [2.05, 4.69) is 15.8 Å². The number of rotatable bonds is 8. The van der Waals surface area contributed by atoms with Crippen molar-refractivity contribution in [1.82, 2.24) is 10.7 Å². The molecule has 0 atom stereocenters. The number of furan rings is 1. The van der Waals surface area contributed by atoms with E-state index >= 15 is 0 Å². The minimum absolute atomic E-state index is 0.173. The zero-order valence-electron chi connectivity index (χ0n) is 16.6. The lowest BCUT2D eigenvalue weighted by Crippen LogP contribution is -2.38. The molecule has 0 aliphatic carbocycles. The Kier molecular flexibility index (Phi) is 7.33. The van der Waals surface area contributed by atoms with Gasteiger partial charge in [0.05, 0.1) is 24.4 Å². The van der Waals surface area contributed by atoms with Gasteiger partial charge in [0.15, 0.2) is 0 Å². The monoisotopic (exact) mass is 401 g/mol. The lowest BCUT2D eigenvalue weighted by atomic mass is 9.90. The van der Waals surface area contributed by atoms with Gasteiger partial charge in [-0.1, -0.05) is 60.7 Å². The van der Waals surface area contributed by atoms with Gasteiger partial charge in [-0.3, -0.25) is 9.59 Å². The Bertz CT molecular complexity index is 971. The van der Waals surface area contributed by atoms with Crippen molar-refractivity contribution in [3.8, 4) is 0 Å². The van der Waals surface area contributed by atoms with Crippen LogP contribution in [0.1, 0.15) is 29.7 Å². The number of hydrogen-bond donors (Lipinski definition) is 2. The van der Waals surface area contributed by atoms with Crippen LogP contribution in [-0.4, -0.2) is 24.1 Å². The lowest BCUT2D eigenvalue weighted by Gasteiger charge is -2.17. The minimum atomic E-state index is -0.498. The number of nitrogens with one attached hydrogen (secondary N) is 2. The van der Waals surface area contributed by atoms with Gasteiger partial charge in [0, 0.05) is 0 Å². The van der Waals surface area contributed by atoms with E-state index < -0.39 is 11.8 Å². The van der Waals surface area contributed by atoms with Crippen molar-refractivity contribution in [2.75, 3.05) is 6.54 Å². The fraction of sp³-hybridized carbons (Fsp3) is 0.125. The zero-order valence-corrected chi connectivity index (χ0v) is 16.6. The van der Waals surface area contributed by atoms with E-state index in [1.807, 2.05) is 66.7 Å². The molecule has 0 bridgehead atoms. The summed E-state index contributed by atoms with van der Waals surface area (Å²) < 4.78 is 5.19. The van der Waals surface area contributed by atoms with Crippen LogP contribution in [0.15, 0.2) is 94.7 Å². The van der Waals surface area contributed by atoms with Crippen molar-refractivity contribution < 1.29 is 14.0 Å². The van der Waals surface area contributed by atoms with E-state index in [9.17, 15) is 9.59 Å². The van der Waals surface area contributed by atoms with Crippen LogP contribution in [-0.2, 0) is 9.59 Å². The molecular formula is C24H23N3O3. The lowest BCUT2D eigenvalue weighted by molar-refractivity contribution is -0.126. The smallest absolute Gasteiger partial charge is 0.259 e. The number of hydrazone groups is 1. The van der Waals surface area contributed by atoms with Gasteiger partial charge in [0.1, 0.15) is 5.76 Å². The van der Waals surface area contributed by atoms with Crippen molar-refractivity contribution in [2.24, 2.45) is 5.10 Å². The van der Waals surface area contributed by atoms with E-state index in [0.29, 0.717) is 11.5 Å². The predicted octanol–water partition coefficient (Wildman–Crippen LogP) is 3.73. The number of hydrogen-bond acceptors (Lipinski definition) is 4. The van der Waals surface area contributed by atoms with Crippen LogP contribution in [0.3, 0.4) is 0 Å². The largest absolute Gasteiger partial charge is 0.465 e. The summed E-state index contributed by atoms with van der Waals surface area (Å²) in [5.74, 6) is -0.465. The van der Waals surface area contributed by atoms with Gasteiger partial charge >= 0.3 is 0 Å². The van der Waals surface area contributed by atoms with Gasteiger partial charge in [-0.25, -0.2) is 5.43 Å². The molecule has 1 heterocycles. The van der Waals surface area contributed by atoms with Gasteiger partial charge in [-0.05, 0) is 42.3 Å². The standard InChI is InChI=1S/C24H23N3O3/c1-18(14-15-21-13-8-16-30-21)26-27-22(28)17-25-24(29)23(19-9-4-2-5-10-19)20-11-6-3-7-12-20/h2-16,23H,17H2,1H3,(H,25,29)(H,27,28)/b15-14-,26-18?. The molecule has 0 aliphatic heterocycles. The van der Waals surface area contributed by atoms with Crippen molar-refractivity contribution in [1.29, 1.82) is 0 Å². The van der Waals surface area contributed by atoms with Gasteiger partial charge < -0.3 is 9.73 Å². The van der Waals surface area contributed by atoms with E-state index in [4.69, 9.17) is 4.42 Å². The van der Waals surface area contributed by atoms with Crippen LogP contribution in [0.2, 0.25) is 0 Å². The molecule has 30 heavy (non-hydrogen) atoms. The molecular weight excluding hydrogens is 378 g/mol. The number of benzene rings is 2.